The van der Waals surface area contributed by atoms with Crippen LogP contribution in [0.25, 0.3) is 11.0 Å². The number of carbonyl (C=O) groups excluding carboxylic acids is 2. The SMILES string of the molecule is Cc1cccc(C(=O)N[C@@H](C(=O)Nc2ccc3c(c2)n(C)c(=O)n3C)C(C)C)c1. The van der Waals surface area contributed by atoms with Gasteiger partial charge < -0.3 is 10.6 Å². The van der Waals surface area contributed by atoms with Crippen LogP contribution in [0.5, 0.6) is 0 Å². The van der Waals surface area contributed by atoms with Crippen LogP contribution in [0.2, 0.25) is 0 Å². The van der Waals surface area contributed by atoms with Gasteiger partial charge in [-0.15, -0.1) is 0 Å². The molecule has 0 aliphatic heterocycles. The van der Waals surface area contributed by atoms with Crippen molar-refractivity contribution in [3.05, 3.63) is 64.1 Å². The quantitative estimate of drug-likeness (QED) is 0.698. The van der Waals surface area contributed by atoms with Gasteiger partial charge in [-0.1, -0.05) is 31.5 Å². The van der Waals surface area contributed by atoms with Gasteiger partial charge in [-0.25, -0.2) is 4.79 Å². The molecule has 7 nitrogen and oxygen atoms in total. The number of nitrogens with one attached hydrogen (secondary N) is 2. The van der Waals surface area contributed by atoms with E-state index in [2.05, 4.69) is 10.6 Å². The second kappa shape index (κ2) is 7.95. The van der Waals surface area contributed by atoms with Crippen LogP contribution in [0.4, 0.5) is 5.69 Å². The number of fused-ring (bicyclic) bond motifs is 1. The fraction of sp³-hybridized carbons (Fsp3) is 0.318. The summed E-state index contributed by atoms with van der Waals surface area (Å²) in [5, 5.41) is 5.69. The van der Waals surface area contributed by atoms with E-state index in [9.17, 15) is 14.4 Å². The lowest BCUT2D eigenvalue weighted by atomic mass is 10.0. The van der Waals surface area contributed by atoms with Gasteiger partial charge in [0, 0.05) is 25.3 Å². The van der Waals surface area contributed by atoms with Crippen molar-refractivity contribution < 1.29 is 9.59 Å². The molecule has 1 atom stereocenters. The van der Waals surface area contributed by atoms with Gasteiger partial charge in [-0.3, -0.25) is 18.7 Å². The van der Waals surface area contributed by atoms with E-state index in [0.717, 1.165) is 16.6 Å². The molecule has 0 saturated carbocycles. The highest BCUT2D eigenvalue weighted by atomic mass is 16.2. The molecule has 2 N–H and O–H groups in total. The molecular formula is C22H26N4O3. The Balaban J connectivity index is 1.81. The zero-order valence-corrected chi connectivity index (χ0v) is 17.3. The maximum Gasteiger partial charge on any atom is 0.328 e. The molecule has 0 fully saturated rings. The van der Waals surface area contributed by atoms with Crippen LogP contribution in [0, 0.1) is 12.8 Å². The molecule has 3 rings (SSSR count). The number of aryl methyl sites for hydroxylation is 3. The standard InChI is InChI=1S/C22H26N4O3/c1-13(2)19(24-20(27)15-8-6-7-14(3)11-15)21(28)23-16-9-10-17-18(12-16)26(5)22(29)25(17)4/h6-13,19H,1-5H3,(H,23,28)(H,24,27)/t19-/m1/s1. The molecule has 0 spiro atoms. The molecule has 29 heavy (non-hydrogen) atoms. The van der Waals surface area contributed by atoms with Crippen LogP contribution in [0.3, 0.4) is 0 Å². The van der Waals surface area contributed by atoms with Gasteiger partial charge in [-0.05, 0) is 43.2 Å². The molecule has 0 unspecified atom stereocenters. The van der Waals surface area contributed by atoms with E-state index in [0.29, 0.717) is 11.3 Å². The second-order valence-corrected chi connectivity index (χ2v) is 7.66. The lowest BCUT2D eigenvalue weighted by Crippen LogP contribution is -2.47. The lowest BCUT2D eigenvalue weighted by molar-refractivity contribution is -0.118. The van der Waals surface area contributed by atoms with E-state index in [1.54, 1.807) is 49.0 Å². The van der Waals surface area contributed by atoms with Gasteiger partial charge in [0.1, 0.15) is 6.04 Å². The number of anilines is 1. The Kier molecular flexibility index (Phi) is 5.59. The van der Waals surface area contributed by atoms with Crippen LogP contribution in [-0.4, -0.2) is 27.0 Å². The van der Waals surface area contributed by atoms with Gasteiger partial charge in [0.25, 0.3) is 5.91 Å². The molecule has 2 amide bonds. The molecule has 0 saturated heterocycles. The van der Waals surface area contributed by atoms with Gasteiger partial charge in [0.05, 0.1) is 11.0 Å². The van der Waals surface area contributed by atoms with Crippen molar-refractivity contribution in [2.24, 2.45) is 20.0 Å². The van der Waals surface area contributed by atoms with Crippen LogP contribution in [-0.2, 0) is 18.9 Å². The van der Waals surface area contributed by atoms with E-state index in [1.807, 2.05) is 32.9 Å². The van der Waals surface area contributed by atoms with Crippen molar-refractivity contribution in [1.29, 1.82) is 0 Å². The summed E-state index contributed by atoms with van der Waals surface area (Å²) in [7, 11) is 3.40. The Hall–Kier alpha value is -3.35. The van der Waals surface area contributed by atoms with Crippen LogP contribution in [0.15, 0.2) is 47.3 Å². The predicted molar refractivity (Wildman–Crippen MR) is 114 cm³/mol. The zero-order valence-electron chi connectivity index (χ0n) is 17.3. The predicted octanol–water partition coefficient (Wildman–Crippen LogP) is 2.58. The van der Waals surface area contributed by atoms with E-state index in [-0.39, 0.29) is 23.4 Å². The summed E-state index contributed by atoms with van der Waals surface area (Å²) in [4.78, 5) is 37.6. The first kappa shape index (κ1) is 20.4. The van der Waals surface area contributed by atoms with Gasteiger partial charge in [0.2, 0.25) is 5.91 Å². The number of aromatic nitrogens is 2. The number of hydrogen-bond acceptors (Lipinski definition) is 3. The van der Waals surface area contributed by atoms with Crippen molar-refractivity contribution in [1.82, 2.24) is 14.5 Å². The normalized spacial score (nSPS) is 12.2. The second-order valence-electron chi connectivity index (χ2n) is 7.66. The highest BCUT2D eigenvalue weighted by Gasteiger charge is 2.25. The molecule has 152 valence electrons. The highest BCUT2D eigenvalue weighted by Crippen LogP contribution is 2.18. The zero-order chi connectivity index (χ0) is 21.3. The van der Waals surface area contributed by atoms with Crippen molar-refractivity contribution >= 4 is 28.5 Å². The summed E-state index contributed by atoms with van der Waals surface area (Å²) >= 11 is 0. The molecule has 2 aromatic carbocycles. The number of benzene rings is 2. The number of imidazole rings is 1. The lowest BCUT2D eigenvalue weighted by Gasteiger charge is -2.22. The van der Waals surface area contributed by atoms with Crippen LogP contribution < -0.4 is 16.3 Å². The topological polar surface area (TPSA) is 85.1 Å². The largest absolute Gasteiger partial charge is 0.340 e. The summed E-state index contributed by atoms with van der Waals surface area (Å²) in [6.07, 6.45) is 0. The number of amides is 2. The van der Waals surface area contributed by atoms with Crippen molar-refractivity contribution in [2.75, 3.05) is 5.32 Å². The Morgan fingerprint density at radius 3 is 2.31 bits per heavy atom. The minimum absolute atomic E-state index is 0.103. The minimum Gasteiger partial charge on any atom is -0.340 e. The van der Waals surface area contributed by atoms with Crippen molar-refractivity contribution in [3.63, 3.8) is 0 Å². The Morgan fingerprint density at radius 1 is 0.966 bits per heavy atom. The molecule has 0 radical (unpaired) electrons. The minimum atomic E-state index is -0.696. The van der Waals surface area contributed by atoms with Crippen molar-refractivity contribution in [3.8, 4) is 0 Å². The molecule has 3 aromatic rings. The van der Waals surface area contributed by atoms with E-state index >= 15 is 0 Å². The van der Waals surface area contributed by atoms with E-state index in [1.165, 1.54) is 4.57 Å². The van der Waals surface area contributed by atoms with E-state index in [4.69, 9.17) is 0 Å². The summed E-state index contributed by atoms with van der Waals surface area (Å²) in [5.74, 6) is -0.696. The summed E-state index contributed by atoms with van der Waals surface area (Å²) in [5.41, 5.74) is 3.44. The number of carbonyl (C=O) groups is 2. The number of rotatable bonds is 5. The first-order valence-electron chi connectivity index (χ1n) is 9.53. The number of hydrogen-bond donors (Lipinski definition) is 2. The molecule has 0 aliphatic carbocycles. The Bertz CT molecular complexity index is 1140. The Labute approximate surface area is 169 Å². The Morgan fingerprint density at radius 2 is 1.66 bits per heavy atom. The maximum atomic E-state index is 12.9. The van der Waals surface area contributed by atoms with Crippen LogP contribution >= 0.6 is 0 Å². The summed E-state index contributed by atoms with van der Waals surface area (Å²) < 4.78 is 3.09. The fourth-order valence-corrected chi connectivity index (χ4v) is 3.35. The molecule has 1 aromatic heterocycles. The average molecular weight is 394 g/mol. The molecule has 0 aliphatic rings. The fourth-order valence-electron chi connectivity index (χ4n) is 3.35. The first-order chi connectivity index (χ1) is 13.7. The average Bonchev–Trinajstić information content (AvgIpc) is 2.89. The maximum absolute atomic E-state index is 12.9. The van der Waals surface area contributed by atoms with E-state index < -0.39 is 6.04 Å². The third kappa shape index (κ3) is 4.08. The summed E-state index contributed by atoms with van der Waals surface area (Å²) in [6.45, 7) is 5.67. The van der Waals surface area contributed by atoms with Gasteiger partial charge in [-0.2, -0.15) is 0 Å². The molecule has 0 bridgehead atoms. The molecule has 7 heteroatoms. The van der Waals surface area contributed by atoms with Gasteiger partial charge in [0.15, 0.2) is 0 Å². The first-order valence-corrected chi connectivity index (χ1v) is 9.53. The highest BCUT2D eigenvalue weighted by molar-refractivity contribution is 6.02. The third-order valence-electron chi connectivity index (χ3n) is 5.06. The monoisotopic (exact) mass is 394 g/mol. The smallest absolute Gasteiger partial charge is 0.328 e. The molecular weight excluding hydrogens is 368 g/mol. The third-order valence-corrected chi connectivity index (χ3v) is 5.06. The van der Waals surface area contributed by atoms with Gasteiger partial charge >= 0.3 is 5.69 Å². The van der Waals surface area contributed by atoms with Crippen LogP contribution in [0.1, 0.15) is 29.8 Å². The number of nitrogens with zero attached hydrogens (tertiary/aromatic N) is 2. The molecule has 1 heterocycles. The van der Waals surface area contributed by atoms with Crippen molar-refractivity contribution in [2.45, 2.75) is 26.8 Å². The summed E-state index contributed by atoms with van der Waals surface area (Å²) in [6, 6.07) is 11.8.